The molecule has 0 aliphatic carbocycles. The summed E-state index contributed by atoms with van der Waals surface area (Å²) in [7, 11) is 0. The van der Waals surface area contributed by atoms with Gasteiger partial charge in [-0.1, -0.05) is 13.0 Å². The van der Waals surface area contributed by atoms with Gasteiger partial charge >= 0.3 is 6.18 Å². The molecule has 1 heterocycles. The van der Waals surface area contributed by atoms with E-state index < -0.39 is 11.7 Å². The van der Waals surface area contributed by atoms with Crippen LogP contribution in [0.5, 0.6) is 0 Å². The Bertz CT molecular complexity index is 485. The minimum atomic E-state index is -4.26. The average Bonchev–Trinajstić information content (AvgIpc) is 2.48. The van der Waals surface area contributed by atoms with E-state index in [2.05, 4.69) is 17.1 Å². The monoisotopic (exact) mass is 350 g/mol. The van der Waals surface area contributed by atoms with Crippen LogP contribution in [0.1, 0.15) is 42.9 Å². The van der Waals surface area contributed by atoms with Gasteiger partial charge in [-0.15, -0.1) is 12.4 Å². The number of piperidine rings is 1. The summed E-state index contributed by atoms with van der Waals surface area (Å²) in [5.41, 5.74) is 1.17. The fraction of sp³-hybridized carbons (Fsp3) is 0.647. The third kappa shape index (κ3) is 5.66. The lowest BCUT2D eigenvalue weighted by Crippen LogP contribution is -2.43. The first-order chi connectivity index (χ1) is 10.4. The number of halogens is 4. The zero-order valence-electron chi connectivity index (χ0n) is 13.7. The Morgan fingerprint density at radius 2 is 1.87 bits per heavy atom. The Hall–Kier alpha value is -0.780. The van der Waals surface area contributed by atoms with E-state index in [9.17, 15) is 13.2 Å². The first-order valence-corrected chi connectivity index (χ1v) is 8.03. The number of nitrogens with zero attached hydrogens (tertiary/aromatic N) is 1. The number of rotatable bonds is 5. The third-order valence-corrected chi connectivity index (χ3v) is 4.38. The fourth-order valence-electron chi connectivity index (χ4n) is 3.12. The van der Waals surface area contributed by atoms with Crippen LogP contribution in [0, 0.1) is 6.92 Å². The Balaban J connectivity index is 0.00000264. The molecule has 2 rings (SSSR count). The van der Waals surface area contributed by atoms with Crippen molar-refractivity contribution < 1.29 is 13.2 Å². The van der Waals surface area contributed by atoms with E-state index in [0.29, 0.717) is 6.04 Å². The predicted molar refractivity (Wildman–Crippen MR) is 90.0 cm³/mol. The highest BCUT2D eigenvalue weighted by Gasteiger charge is 2.30. The normalized spacial score (nSPS) is 16.4. The molecule has 1 aliphatic rings. The van der Waals surface area contributed by atoms with E-state index >= 15 is 0 Å². The van der Waals surface area contributed by atoms with Gasteiger partial charge < -0.3 is 5.32 Å². The Labute approximate surface area is 142 Å². The molecule has 0 radical (unpaired) electrons. The molecule has 2 nitrogen and oxygen atoms in total. The maximum Gasteiger partial charge on any atom is 0.416 e. The highest BCUT2D eigenvalue weighted by atomic mass is 35.5. The van der Waals surface area contributed by atoms with Crippen molar-refractivity contribution in [3.05, 3.63) is 34.9 Å². The third-order valence-electron chi connectivity index (χ3n) is 4.38. The molecule has 0 spiro atoms. The van der Waals surface area contributed by atoms with Gasteiger partial charge in [0.25, 0.3) is 0 Å². The van der Waals surface area contributed by atoms with E-state index in [1.807, 2.05) is 0 Å². The molecule has 1 fully saturated rings. The van der Waals surface area contributed by atoms with Crippen LogP contribution < -0.4 is 5.32 Å². The van der Waals surface area contributed by atoms with Crippen molar-refractivity contribution in [3.8, 4) is 0 Å². The summed E-state index contributed by atoms with van der Waals surface area (Å²) in [5, 5.41) is 3.36. The number of alkyl halides is 3. The Morgan fingerprint density at radius 3 is 2.39 bits per heavy atom. The molecule has 1 saturated heterocycles. The molecule has 1 aromatic rings. The van der Waals surface area contributed by atoms with Crippen molar-refractivity contribution in [2.45, 2.75) is 51.9 Å². The van der Waals surface area contributed by atoms with Crippen LogP contribution in [0.2, 0.25) is 0 Å². The van der Waals surface area contributed by atoms with Gasteiger partial charge in [0, 0.05) is 12.6 Å². The first kappa shape index (κ1) is 20.3. The van der Waals surface area contributed by atoms with Crippen molar-refractivity contribution in [3.63, 3.8) is 0 Å². The molecule has 1 aliphatic heterocycles. The fourth-order valence-corrected chi connectivity index (χ4v) is 3.12. The molecular formula is C17H26ClF3N2. The quantitative estimate of drug-likeness (QED) is 0.846. The largest absolute Gasteiger partial charge is 0.416 e. The van der Waals surface area contributed by atoms with E-state index in [-0.39, 0.29) is 12.4 Å². The maximum atomic E-state index is 12.8. The SMILES string of the molecule is CCCN(Cc1ccc(C(F)(F)F)cc1C)C1CCNCC1.Cl. The van der Waals surface area contributed by atoms with Gasteiger partial charge in [-0.3, -0.25) is 4.90 Å². The van der Waals surface area contributed by atoms with Crippen molar-refractivity contribution in [1.82, 2.24) is 10.2 Å². The van der Waals surface area contributed by atoms with Crippen molar-refractivity contribution in [2.75, 3.05) is 19.6 Å². The highest BCUT2D eigenvalue weighted by Crippen LogP contribution is 2.31. The van der Waals surface area contributed by atoms with E-state index in [1.54, 1.807) is 13.0 Å². The molecule has 6 heteroatoms. The number of nitrogens with one attached hydrogen (secondary N) is 1. The van der Waals surface area contributed by atoms with E-state index in [4.69, 9.17) is 0 Å². The molecule has 0 saturated carbocycles. The van der Waals surface area contributed by atoms with Gasteiger partial charge in [-0.25, -0.2) is 0 Å². The lowest BCUT2D eigenvalue weighted by atomic mass is 10.0. The van der Waals surface area contributed by atoms with Gasteiger partial charge in [-0.05, 0) is 69.1 Å². The van der Waals surface area contributed by atoms with Crippen molar-refractivity contribution in [2.24, 2.45) is 0 Å². The second-order valence-corrected chi connectivity index (χ2v) is 6.09. The molecule has 0 bridgehead atoms. The minimum absolute atomic E-state index is 0. The molecule has 0 aromatic heterocycles. The number of benzene rings is 1. The van der Waals surface area contributed by atoms with Crippen molar-refractivity contribution >= 4 is 12.4 Å². The molecule has 0 unspecified atom stereocenters. The van der Waals surface area contributed by atoms with Gasteiger partial charge in [0.1, 0.15) is 0 Å². The number of hydrogen-bond donors (Lipinski definition) is 1. The van der Waals surface area contributed by atoms with Gasteiger partial charge in [0.15, 0.2) is 0 Å². The molecule has 23 heavy (non-hydrogen) atoms. The zero-order chi connectivity index (χ0) is 16.2. The molecule has 0 amide bonds. The molecule has 0 atom stereocenters. The minimum Gasteiger partial charge on any atom is -0.317 e. The van der Waals surface area contributed by atoms with Crippen LogP contribution in [0.25, 0.3) is 0 Å². The average molecular weight is 351 g/mol. The van der Waals surface area contributed by atoms with Gasteiger partial charge in [0.05, 0.1) is 5.56 Å². The predicted octanol–water partition coefficient (Wildman–Crippen LogP) is 4.40. The summed E-state index contributed by atoms with van der Waals surface area (Å²) in [6, 6.07) is 4.64. The smallest absolute Gasteiger partial charge is 0.317 e. The number of aryl methyl sites for hydroxylation is 1. The molecular weight excluding hydrogens is 325 g/mol. The standard InChI is InChI=1S/C17H25F3N2.ClH/c1-3-10-22(16-6-8-21-9-7-16)12-14-4-5-15(11-13(14)2)17(18,19)20;/h4-5,11,16,21H,3,6-10,12H2,1-2H3;1H. The molecule has 1 aromatic carbocycles. The van der Waals surface area contributed by atoms with Crippen LogP contribution in [-0.4, -0.2) is 30.6 Å². The summed E-state index contributed by atoms with van der Waals surface area (Å²) in [6.45, 7) is 7.70. The second kappa shape index (κ2) is 8.90. The topological polar surface area (TPSA) is 15.3 Å². The van der Waals surface area contributed by atoms with E-state index in [0.717, 1.165) is 56.6 Å². The summed E-state index contributed by atoms with van der Waals surface area (Å²) in [6.07, 6.45) is -0.982. The van der Waals surface area contributed by atoms with Crippen LogP contribution in [0.3, 0.4) is 0 Å². The van der Waals surface area contributed by atoms with E-state index in [1.165, 1.54) is 12.1 Å². The Kier molecular flexibility index (Phi) is 7.84. The summed E-state index contributed by atoms with van der Waals surface area (Å²) in [4.78, 5) is 2.43. The van der Waals surface area contributed by atoms with Gasteiger partial charge in [0.2, 0.25) is 0 Å². The first-order valence-electron chi connectivity index (χ1n) is 8.03. The summed E-state index contributed by atoms with van der Waals surface area (Å²) < 4.78 is 38.3. The summed E-state index contributed by atoms with van der Waals surface area (Å²) >= 11 is 0. The van der Waals surface area contributed by atoms with Gasteiger partial charge in [-0.2, -0.15) is 13.2 Å². The van der Waals surface area contributed by atoms with Crippen LogP contribution in [0.15, 0.2) is 18.2 Å². The lowest BCUT2D eigenvalue weighted by molar-refractivity contribution is -0.137. The summed E-state index contributed by atoms with van der Waals surface area (Å²) in [5.74, 6) is 0. The lowest BCUT2D eigenvalue weighted by Gasteiger charge is -2.35. The van der Waals surface area contributed by atoms with Crippen LogP contribution in [0.4, 0.5) is 13.2 Å². The zero-order valence-corrected chi connectivity index (χ0v) is 14.6. The Morgan fingerprint density at radius 1 is 1.22 bits per heavy atom. The maximum absolute atomic E-state index is 12.8. The molecule has 132 valence electrons. The number of hydrogen-bond acceptors (Lipinski definition) is 2. The van der Waals surface area contributed by atoms with Crippen molar-refractivity contribution in [1.29, 1.82) is 0 Å². The second-order valence-electron chi connectivity index (χ2n) is 6.09. The molecule has 1 N–H and O–H groups in total. The highest BCUT2D eigenvalue weighted by molar-refractivity contribution is 5.85. The van der Waals surface area contributed by atoms with Crippen LogP contribution >= 0.6 is 12.4 Å². The van der Waals surface area contributed by atoms with Crippen LogP contribution in [-0.2, 0) is 12.7 Å².